The van der Waals surface area contributed by atoms with Crippen molar-refractivity contribution < 1.29 is 4.39 Å². The number of aromatic amines is 1. The van der Waals surface area contributed by atoms with Crippen LogP contribution in [0.5, 0.6) is 0 Å². The topological polar surface area (TPSA) is 82.9 Å². The summed E-state index contributed by atoms with van der Waals surface area (Å²) in [7, 11) is 1.76. The molecule has 0 aliphatic carbocycles. The Balaban J connectivity index is 1.31. The van der Waals surface area contributed by atoms with E-state index in [2.05, 4.69) is 35.4 Å². The lowest BCUT2D eigenvalue weighted by Crippen LogP contribution is -2.38. The molecule has 1 aromatic carbocycles. The average molecular weight is 383 g/mol. The summed E-state index contributed by atoms with van der Waals surface area (Å²) in [5.74, 6) is 2.55. The van der Waals surface area contributed by atoms with Gasteiger partial charge in [0.05, 0.1) is 6.54 Å². The number of hydrogen-bond donors (Lipinski definition) is 3. The van der Waals surface area contributed by atoms with Crippen molar-refractivity contribution in [1.82, 2.24) is 30.4 Å². The maximum Gasteiger partial charge on any atom is 0.191 e. The summed E-state index contributed by atoms with van der Waals surface area (Å²) in [6, 6.07) is 4.84. The molecule has 3 heterocycles. The van der Waals surface area contributed by atoms with E-state index in [1.807, 2.05) is 12.3 Å². The fraction of sp³-hybridized carbons (Fsp3) is 0.450. The van der Waals surface area contributed by atoms with E-state index in [1.165, 1.54) is 31.4 Å². The highest BCUT2D eigenvalue weighted by molar-refractivity contribution is 5.83. The predicted molar refractivity (Wildman–Crippen MR) is 108 cm³/mol. The first-order chi connectivity index (χ1) is 13.7. The highest BCUT2D eigenvalue weighted by Crippen LogP contribution is 2.19. The summed E-state index contributed by atoms with van der Waals surface area (Å²) in [5, 5.41) is 16.4. The summed E-state index contributed by atoms with van der Waals surface area (Å²) in [5.41, 5.74) is 1.98. The van der Waals surface area contributed by atoms with Gasteiger partial charge in [-0.05, 0) is 43.0 Å². The summed E-state index contributed by atoms with van der Waals surface area (Å²) >= 11 is 0. The minimum absolute atomic E-state index is 0.227. The van der Waals surface area contributed by atoms with Crippen molar-refractivity contribution in [2.24, 2.45) is 4.99 Å². The predicted octanol–water partition coefficient (Wildman–Crippen LogP) is 2.53. The molecular weight excluding hydrogens is 357 g/mol. The number of benzene rings is 1. The maximum atomic E-state index is 13.3. The standard InChI is InChI=1S/C20H26FN7/c1-22-20(25-13-19-27-26-18-5-3-2-4-10-28(18)19)23-9-8-14-12-24-17-11-15(21)6-7-16(14)17/h6-7,11-12,24H,2-5,8-10,13H2,1H3,(H2,22,23,25). The number of nitrogens with zero attached hydrogens (tertiary/aromatic N) is 4. The molecule has 0 amide bonds. The summed E-state index contributed by atoms with van der Waals surface area (Å²) < 4.78 is 15.5. The monoisotopic (exact) mass is 383 g/mol. The zero-order valence-electron chi connectivity index (χ0n) is 16.1. The molecule has 0 saturated carbocycles. The second kappa shape index (κ2) is 8.41. The molecule has 148 valence electrons. The lowest BCUT2D eigenvalue weighted by molar-refractivity contribution is 0.596. The minimum atomic E-state index is -0.227. The summed E-state index contributed by atoms with van der Waals surface area (Å²) in [6.45, 7) is 2.31. The van der Waals surface area contributed by atoms with Crippen LogP contribution in [0.1, 0.15) is 36.5 Å². The SMILES string of the molecule is CN=C(NCCc1c[nH]c2cc(F)ccc12)NCc1nnc2n1CCCCC2. The van der Waals surface area contributed by atoms with Crippen LogP contribution >= 0.6 is 0 Å². The van der Waals surface area contributed by atoms with Gasteiger partial charge in [-0.1, -0.05) is 6.42 Å². The third kappa shape index (κ3) is 4.00. The third-order valence-electron chi connectivity index (χ3n) is 5.24. The van der Waals surface area contributed by atoms with Crippen molar-refractivity contribution in [3.8, 4) is 0 Å². The van der Waals surface area contributed by atoms with Crippen LogP contribution in [0.15, 0.2) is 29.4 Å². The van der Waals surface area contributed by atoms with Crippen molar-refractivity contribution >= 4 is 16.9 Å². The smallest absolute Gasteiger partial charge is 0.191 e. The van der Waals surface area contributed by atoms with Crippen LogP contribution in [0.3, 0.4) is 0 Å². The lowest BCUT2D eigenvalue weighted by Gasteiger charge is -2.12. The maximum absolute atomic E-state index is 13.3. The molecule has 7 nitrogen and oxygen atoms in total. The molecule has 0 saturated heterocycles. The summed E-state index contributed by atoms with van der Waals surface area (Å²) in [4.78, 5) is 7.42. The molecule has 3 N–H and O–H groups in total. The van der Waals surface area contributed by atoms with E-state index in [0.29, 0.717) is 6.54 Å². The van der Waals surface area contributed by atoms with Gasteiger partial charge in [-0.2, -0.15) is 0 Å². The van der Waals surface area contributed by atoms with Gasteiger partial charge in [0.1, 0.15) is 11.6 Å². The molecule has 0 spiro atoms. The number of aliphatic imine (C=N–C) groups is 1. The molecule has 8 heteroatoms. The van der Waals surface area contributed by atoms with Crippen molar-refractivity contribution in [2.75, 3.05) is 13.6 Å². The van der Waals surface area contributed by atoms with E-state index in [-0.39, 0.29) is 5.82 Å². The van der Waals surface area contributed by atoms with Gasteiger partial charge < -0.3 is 20.2 Å². The molecule has 1 aliphatic rings. The van der Waals surface area contributed by atoms with Crippen molar-refractivity contribution in [1.29, 1.82) is 0 Å². The lowest BCUT2D eigenvalue weighted by atomic mass is 10.1. The zero-order valence-corrected chi connectivity index (χ0v) is 16.1. The Labute approximate surface area is 163 Å². The number of guanidine groups is 1. The van der Waals surface area contributed by atoms with E-state index in [4.69, 9.17) is 0 Å². The molecule has 4 rings (SSSR count). The Morgan fingerprint density at radius 2 is 2.18 bits per heavy atom. The Kier molecular flexibility index (Phi) is 5.55. The third-order valence-corrected chi connectivity index (χ3v) is 5.24. The van der Waals surface area contributed by atoms with E-state index in [9.17, 15) is 4.39 Å². The van der Waals surface area contributed by atoms with Crippen LogP contribution in [-0.2, 0) is 25.9 Å². The van der Waals surface area contributed by atoms with Gasteiger partial charge in [-0.15, -0.1) is 10.2 Å². The normalized spacial score (nSPS) is 14.7. The number of fused-ring (bicyclic) bond motifs is 2. The van der Waals surface area contributed by atoms with Crippen LogP contribution in [0.2, 0.25) is 0 Å². The van der Waals surface area contributed by atoms with Gasteiger partial charge in [-0.25, -0.2) is 4.39 Å². The highest BCUT2D eigenvalue weighted by atomic mass is 19.1. The Hall–Kier alpha value is -2.90. The van der Waals surface area contributed by atoms with Gasteiger partial charge in [0.15, 0.2) is 11.8 Å². The van der Waals surface area contributed by atoms with Crippen LogP contribution in [0.25, 0.3) is 10.9 Å². The number of aromatic nitrogens is 4. The fourth-order valence-corrected chi connectivity index (χ4v) is 3.74. The van der Waals surface area contributed by atoms with Crippen molar-refractivity contribution in [3.63, 3.8) is 0 Å². The van der Waals surface area contributed by atoms with Crippen LogP contribution < -0.4 is 10.6 Å². The first-order valence-electron chi connectivity index (χ1n) is 9.85. The van der Waals surface area contributed by atoms with E-state index >= 15 is 0 Å². The molecular formula is C20H26FN7. The number of nitrogens with one attached hydrogen (secondary N) is 3. The Morgan fingerprint density at radius 3 is 3.07 bits per heavy atom. The molecule has 0 radical (unpaired) electrons. The van der Waals surface area contributed by atoms with Gasteiger partial charge in [0.25, 0.3) is 0 Å². The van der Waals surface area contributed by atoms with Crippen molar-refractivity contribution in [2.45, 2.75) is 45.2 Å². The second-order valence-corrected chi connectivity index (χ2v) is 7.10. The number of aryl methyl sites for hydroxylation is 1. The first kappa shape index (κ1) is 18.5. The average Bonchev–Trinajstić information content (AvgIpc) is 3.19. The second-order valence-electron chi connectivity index (χ2n) is 7.10. The number of H-pyrrole nitrogens is 1. The number of rotatable bonds is 5. The molecule has 28 heavy (non-hydrogen) atoms. The van der Waals surface area contributed by atoms with Crippen LogP contribution in [0.4, 0.5) is 4.39 Å². The van der Waals surface area contributed by atoms with E-state index in [1.54, 1.807) is 7.05 Å². The first-order valence-corrected chi connectivity index (χ1v) is 9.85. The molecule has 0 bridgehead atoms. The van der Waals surface area contributed by atoms with Gasteiger partial charge in [0, 0.05) is 43.7 Å². The van der Waals surface area contributed by atoms with E-state index in [0.717, 1.165) is 60.0 Å². The number of halogens is 1. The molecule has 0 fully saturated rings. The molecule has 0 atom stereocenters. The highest BCUT2D eigenvalue weighted by Gasteiger charge is 2.14. The van der Waals surface area contributed by atoms with Gasteiger partial charge in [0.2, 0.25) is 0 Å². The van der Waals surface area contributed by atoms with Gasteiger partial charge in [-0.3, -0.25) is 4.99 Å². The van der Waals surface area contributed by atoms with E-state index < -0.39 is 0 Å². The Morgan fingerprint density at radius 1 is 1.25 bits per heavy atom. The molecule has 3 aromatic rings. The molecule has 1 aliphatic heterocycles. The van der Waals surface area contributed by atoms with Gasteiger partial charge >= 0.3 is 0 Å². The molecule has 2 aromatic heterocycles. The quantitative estimate of drug-likeness (QED) is 0.467. The summed E-state index contributed by atoms with van der Waals surface area (Å²) in [6.07, 6.45) is 7.38. The minimum Gasteiger partial charge on any atom is -0.361 e. The zero-order chi connectivity index (χ0) is 19.3. The van der Waals surface area contributed by atoms with Crippen LogP contribution in [-0.4, -0.2) is 39.3 Å². The fourth-order valence-electron chi connectivity index (χ4n) is 3.74. The Bertz CT molecular complexity index is 972. The van der Waals surface area contributed by atoms with Crippen LogP contribution in [0, 0.1) is 5.82 Å². The number of hydrogen-bond acceptors (Lipinski definition) is 3. The van der Waals surface area contributed by atoms with Crippen molar-refractivity contribution in [3.05, 3.63) is 47.4 Å². The molecule has 0 unspecified atom stereocenters. The largest absolute Gasteiger partial charge is 0.361 e.